The highest BCUT2D eigenvalue weighted by Gasteiger charge is 2.42. The van der Waals surface area contributed by atoms with E-state index in [1.54, 1.807) is 7.11 Å². The quantitative estimate of drug-likeness (QED) is 0.639. The van der Waals surface area contributed by atoms with Crippen LogP contribution in [0.25, 0.3) is 0 Å². The van der Waals surface area contributed by atoms with Gasteiger partial charge in [-0.05, 0) is 32.1 Å². The Morgan fingerprint density at radius 1 is 1.24 bits per heavy atom. The fourth-order valence-corrected chi connectivity index (χ4v) is 2.16. The minimum absolute atomic E-state index is 0.0350. The molecule has 98 valence electrons. The standard InChI is InChI=1S/C12H22N2O3/c1-17-12(3-2-4-12)8-14-10(16)13-7-11(9-15)5-6-11/h15H,2-9H2,1H3,(H2,13,14,16). The molecule has 0 unspecified atom stereocenters. The monoisotopic (exact) mass is 242 g/mol. The van der Waals surface area contributed by atoms with Crippen LogP contribution in [0.4, 0.5) is 4.79 Å². The van der Waals surface area contributed by atoms with Crippen LogP contribution in [0.3, 0.4) is 0 Å². The van der Waals surface area contributed by atoms with Gasteiger partial charge in [0.05, 0.1) is 12.2 Å². The van der Waals surface area contributed by atoms with E-state index in [4.69, 9.17) is 9.84 Å². The maximum absolute atomic E-state index is 11.6. The van der Waals surface area contributed by atoms with Crippen molar-refractivity contribution in [2.45, 2.75) is 37.7 Å². The molecule has 2 fully saturated rings. The summed E-state index contributed by atoms with van der Waals surface area (Å²) in [5.41, 5.74) is -0.168. The lowest BCUT2D eigenvalue weighted by atomic mass is 9.80. The Kier molecular flexibility index (Phi) is 3.58. The molecule has 0 aromatic rings. The average Bonchev–Trinajstić information content (AvgIpc) is 3.06. The number of aliphatic hydroxyl groups excluding tert-OH is 1. The number of nitrogens with one attached hydrogen (secondary N) is 2. The van der Waals surface area contributed by atoms with E-state index in [-0.39, 0.29) is 23.7 Å². The number of hydrogen-bond acceptors (Lipinski definition) is 3. The molecule has 2 amide bonds. The zero-order valence-corrected chi connectivity index (χ0v) is 10.4. The summed E-state index contributed by atoms with van der Waals surface area (Å²) in [6.07, 6.45) is 5.22. The Morgan fingerprint density at radius 3 is 2.29 bits per heavy atom. The molecule has 0 heterocycles. The number of methoxy groups -OCH3 is 1. The fraction of sp³-hybridized carbons (Fsp3) is 0.917. The average molecular weight is 242 g/mol. The van der Waals surface area contributed by atoms with E-state index in [1.165, 1.54) is 6.42 Å². The van der Waals surface area contributed by atoms with Gasteiger partial charge in [0.2, 0.25) is 0 Å². The van der Waals surface area contributed by atoms with Crippen molar-refractivity contribution < 1.29 is 14.6 Å². The number of urea groups is 1. The topological polar surface area (TPSA) is 70.6 Å². The highest BCUT2D eigenvalue weighted by atomic mass is 16.5. The van der Waals surface area contributed by atoms with Crippen LogP contribution in [0.1, 0.15) is 32.1 Å². The van der Waals surface area contributed by atoms with E-state index in [0.29, 0.717) is 13.1 Å². The summed E-state index contributed by atoms with van der Waals surface area (Å²) >= 11 is 0. The predicted molar refractivity (Wildman–Crippen MR) is 63.7 cm³/mol. The SMILES string of the molecule is COC1(CNC(=O)NCC2(CO)CC2)CCC1. The second-order valence-electron chi connectivity index (χ2n) is 5.44. The van der Waals surface area contributed by atoms with Crippen LogP contribution in [0, 0.1) is 5.41 Å². The van der Waals surface area contributed by atoms with Gasteiger partial charge < -0.3 is 20.5 Å². The number of aliphatic hydroxyl groups is 1. The Labute approximate surface area is 102 Å². The van der Waals surface area contributed by atoms with Gasteiger partial charge in [-0.1, -0.05) is 0 Å². The van der Waals surface area contributed by atoms with Gasteiger partial charge in [0.25, 0.3) is 0 Å². The lowest BCUT2D eigenvalue weighted by Gasteiger charge is -2.40. The van der Waals surface area contributed by atoms with E-state index >= 15 is 0 Å². The number of amides is 2. The summed E-state index contributed by atoms with van der Waals surface area (Å²) in [6, 6.07) is -0.159. The van der Waals surface area contributed by atoms with Crippen molar-refractivity contribution in [1.29, 1.82) is 0 Å². The van der Waals surface area contributed by atoms with Gasteiger partial charge in [-0.25, -0.2) is 4.79 Å². The molecule has 5 nitrogen and oxygen atoms in total. The molecular weight excluding hydrogens is 220 g/mol. The van der Waals surface area contributed by atoms with Gasteiger partial charge in [-0.15, -0.1) is 0 Å². The Balaban J connectivity index is 1.64. The Hall–Kier alpha value is -0.810. The van der Waals surface area contributed by atoms with Gasteiger partial charge in [0, 0.05) is 25.6 Å². The first-order chi connectivity index (χ1) is 8.14. The van der Waals surface area contributed by atoms with Crippen molar-refractivity contribution in [2.75, 3.05) is 26.8 Å². The van der Waals surface area contributed by atoms with E-state index in [9.17, 15) is 4.79 Å². The molecule has 0 bridgehead atoms. The zero-order valence-electron chi connectivity index (χ0n) is 10.4. The van der Waals surface area contributed by atoms with Crippen LogP contribution >= 0.6 is 0 Å². The van der Waals surface area contributed by atoms with Crippen molar-refractivity contribution in [3.8, 4) is 0 Å². The van der Waals surface area contributed by atoms with Crippen LogP contribution in [-0.4, -0.2) is 43.5 Å². The molecule has 2 saturated carbocycles. The summed E-state index contributed by atoms with van der Waals surface area (Å²) in [7, 11) is 1.70. The molecule has 5 heteroatoms. The maximum Gasteiger partial charge on any atom is 0.314 e. The molecule has 0 spiro atoms. The second kappa shape index (κ2) is 4.82. The molecule has 0 radical (unpaired) electrons. The minimum Gasteiger partial charge on any atom is -0.396 e. The molecule has 17 heavy (non-hydrogen) atoms. The van der Waals surface area contributed by atoms with Crippen molar-refractivity contribution in [2.24, 2.45) is 5.41 Å². The molecule has 0 aliphatic heterocycles. The van der Waals surface area contributed by atoms with E-state index in [1.807, 2.05) is 0 Å². The number of carbonyl (C=O) groups is 1. The van der Waals surface area contributed by atoms with Crippen molar-refractivity contribution >= 4 is 6.03 Å². The largest absolute Gasteiger partial charge is 0.396 e. The zero-order chi connectivity index (χ0) is 12.4. The fourth-order valence-electron chi connectivity index (χ4n) is 2.16. The molecule has 2 aliphatic rings. The van der Waals surface area contributed by atoms with Crippen LogP contribution < -0.4 is 10.6 Å². The normalized spacial score (nSPS) is 23.6. The third kappa shape index (κ3) is 2.90. The molecule has 0 saturated heterocycles. The first-order valence-corrected chi connectivity index (χ1v) is 6.31. The van der Waals surface area contributed by atoms with Gasteiger partial charge in [0.1, 0.15) is 0 Å². The van der Waals surface area contributed by atoms with Gasteiger partial charge >= 0.3 is 6.03 Å². The number of ether oxygens (including phenoxy) is 1. The summed E-state index contributed by atoms with van der Waals surface area (Å²) in [4.78, 5) is 11.6. The maximum atomic E-state index is 11.6. The summed E-state index contributed by atoms with van der Waals surface area (Å²) in [5, 5.41) is 14.8. The number of rotatable bonds is 6. The Morgan fingerprint density at radius 2 is 1.88 bits per heavy atom. The van der Waals surface area contributed by atoms with E-state index in [2.05, 4.69) is 10.6 Å². The molecule has 0 aromatic carbocycles. The lowest BCUT2D eigenvalue weighted by molar-refractivity contribution is -0.0674. The molecule has 2 rings (SSSR count). The Bertz CT molecular complexity index is 280. The minimum atomic E-state index is -0.159. The van der Waals surface area contributed by atoms with E-state index < -0.39 is 0 Å². The molecule has 0 aromatic heterocycles. The highest BCUT2D eigenvalue weighted by molar-refractivity contribution is 5.74. The van der Waals surface area contributed by atoms with Crippen molar-refractivity contribution in [3.05, 3.63) is 0 Å². The summed E-state index contributed by atoms with van der Waals surface area (Å²) < 4.78 is 5.42. The first-order valence-electron chi connectivity index (χ1n) is 6.31. The predicted octanol–water partition coefficient (Wildman–Crippen LogP) is 0.627. The highest BCUT2D eigenvalue weighted by Crippen LogP contribution is 2.44. The molecule has 0 atom stereocenters. The van der Waals surface area contributed by atoms with Crippen LogP contribution in [0.15, 0.2) is 0 Å². The summed E-state index contributed by atoms with van der Waals surface area (Å²) in [5.74, 6) is 0. The molecule has 3 N–H and O–H groups in total. The van der Waals surface area contributed by atoms with Crippen LogP contribution in [-0.2, 0) is 4.74 Å². The van der Waals surface area contributed by atoms with Gasteiger partial charge in [-0.2, -0.15) is 0 Å². The van der Waals surface area contributed by atoms with E-state index in [0.717, 1.165) is 25.7 Å². The molecular formula is C12H22N2O3. The number of carbonyl (C=O) groups excluding carboxylic acids is 1. The lowest BCUT2D eigenvalue weighted by Crippen LogP contribution is -2.51. The van der Waals surface area contributed by atoms with Crippen molar-refractivity contribution in [1.82, 2.24) is 10.6 Å². The second-order valence-corrected chi connectivity index (χ2v) is 5.44. The van der Waals surface area contributed by atoms with Gasteiger partial charge in [-0.3, -0.25) is 0 Å². The smallest absolute Gasteiger partial charge is 0.314 e. The van der Waals surface area contributed by atoms with Crippen LogP contribution in [0.2, 0.25) is 0 Å². The summed E-state index contributed by atoms with van der Waals surface area (Å²) in [6.45, 7) is 1.30. The third-order valence-corrected chi connectivity index (χ3v) is 4.19. The number of hydrogen-bond donors (Lipinski definition) is 3. The molecule has 2 aliphatic carbocycles. The van der Waals surface area contributed by atoms with Crippen LogP contribution in [0.5, 0.6) is 0 Å². The first kappa shape index (κ1) is 12.6. The third-order valence-electron chi connectivity index (χ3n) is 4.19. The van der Waals surface area contributed by atoms with Crippen molar-refractivity contribution in [3.63, 3.8) is 0 Å². The van der Waals surface area contributed by atoms with Gasteiger partial charge in [0.15, 0.2) is 0 Å².